The molecular formula is C18H28N2O4. The van der Waals surface area contributed by atoms with Crippen molar-refractivity contribution in [1.29, 1.82) is 0 Å². The third-order valence-corrected chi connectivity index (χ3v) is 4.23. The van der Waals surface area contributed by atoms with Gasteiger partial charge in [-0.25, -0.2) is 4.98 Å². The van der Waals surface area contributed by atoms with Crippen LogP contribution in [0, 0.1) is 12.8 Å². The number of methoxy groups -OCH3 is 1. The highest BCUT2D eigenvalue weighted by Crippen LogP contribution is 2.42. The number of rotatable bonds is 10. The summed E-state index contributed by atoms with van der Waals surface area (Å²) in [5, 5.41) is 2.94. The number of ether oxygens (including phenoxy) is 3. The summed E-state index contributed by atoms with van der Waals surface area (Å²) in [5.41, 5.74) is 0.757. The second-order valence-corrected chi connectivity index (χ2v) is 6.37. The first-order valence-electron chi connectivity index (χ1n) is 8.55. The second-order valence-electron chi connectivity index (χ2n) is 6.37. The van der Waals surface area contributed by atoms with Crippen LogP contribution in [0.4, 0.5) is 5.69 Å². The Morgan fingerprint density at radius 3 is 2.71 bits per heavy atom. The molecule has 0 saturated heterocycles. The van der Waals surface area contributed by atoms with Crippen molar-refractivity contribution in [2.45, 2.75) is 45.6 Å². The van der Waals surface area contributed by atoms with Crippen molar-refractivity contribution in [3.05, 3.63) is 17.8 Å². The van der Waals surface area contributed by atoms with Gasteiger partial charge in [0.15, 0.2) is 0 Å². The minimum Gasteiger partial charge on any atom is -0.475 e. The van der Waals surface area contributed by atoms with E-state index in [1.165, 1.54) is 0 Å². The van der Waals surface area contributed by atoms with Crippen LogP contribution >= 0.6 is 0 Å². The summed E-state index contributed by atoms with van der Waals surface area (Å²) in [7, 11) is 1.62. The molecule has 1 heterocycles. The number of amides is 1. The molecular weight excluding hydrogens is 308 g/mol. The molecule has 0 aliphatic heterocycles. The maximum atomic E-state index is 12.7. The van der Waals surface area contributed by atoms with E-state index in [1.807, 2.05) is 26.8 Å². The number of aryl methyl sites for hydroxylation is 1. The fraction of sp³-hybridized carbons (Fsp3) is 0.667. The van der Waals surface area contributed by atoms with Crippen molar-refractivity contribution < 1.29 is 19.0 Å². The number of carbonyl (C=O) groups excluding carboxylic acids is 1. The Bertz CT molecular complexity index is 560. The van der Waals surface area contributed by atoms with Gasteiger partial charge in [-0.1, -0.05) is 6.92 Å². The normalized spacial score (nSPS) is 16.5. The molecule has 1 aliphatic carbocycles. The Morgan fingerprint density at radius 1 is 1.38 bits per heavy atom. The molecule has 0 radical (unpaired) electrons. The highest BCUT2D eigenvalue weighted by atomic mass is 16.5. The van der Waals surface area contributed by atoms with Gasteiger partial charge in [0.05, 0.1) is 18.5 Å². The van der Waals surface area contributed by atoms with Crippen molar-refractivity contribution in [3.63, 3.8) is 0 Å². The van der Waals surface area contributed by atoms with Crippen LogP contribution in [0.3, 0.4) is 0 Å². The molecule has 1 atom stereocenters. The molecule has 1 N–H and O–H groups in total. The maximum Gasteiger partial charge on any atom is 0.256 e. The van der Waals surface area contributed by atoms with E-state index in [9.17, 15) is 4.79 Å². The van der Waals surface area contributed by atoms with Gasteiger partial charge in [-0.2, -0.15) is 0 Å². The Balaban J connectivity index is 2.01. The molecule has 1 amide bonds. The maximum absolute atomic E-state index is 12.7. The van der Waals surface area contributed by atoms with Gasteiger partial charge in [-0.15, -0.1) is 0 Å². The van der Waals surface area contributed by atoms with Gasteiger partial charge >= 0.3 is 0 Å². The number of pyridine rings is 1. The van der Waals surface area contributed by atoms with Crippen LogP contribution in [-0.4, -0.2) is 43.4 Å². The molecule has 0 unspecified atom stereocenters. The first kappa shape index (κ1) is 18.7. The lowest BCUT2D eigenvalue weighted by molar-refractivity contribution is -0.142. The molecule has 0 aromatic carbocycles. The number of nitrogens with zero attached hydrogens (tertiary/aromatic N) is 1. The SMILES string of the molecule is CCCO[C@](C)(C(=O)Nc1cnc(OCCOC)c(C)c1)C1CC1. The van der Waals surface area contributed by atoms with Gasteiger partial charge in [-0.3, -0.25) is 4.79 Å². The molecule has 1 saturated carbocycles. The van der Waals surface area contributed by atoms with Gasteiger partial charge in [0.2, 0.25) is 5.88 Å². The first-order valence-corrected chi connectivity index (χ1v) is 8.55. The minimum atomic E-state index is -0.766. The zero-order valence-corrected chi connectivity index (χ0v) is 15.1. The van der Waals surface area contributed by atoms with E-state index in [2.05, 4.69) is 10.3 Å². The van der Waals surface area contributed by atoms with Gasteiger partial charge < -0.3 is 19.5 Å². The lowest BCUT2D eigenvalue weighted by Crippen LogP contribution is -2.45. The van der Waals surface area contributed by atoms with Crippen LogP contribution in [0.25, 0.3) is 0 Å². The highest BCUT2D eigenvalue weighted by molar-refractivity contribution is 5.97. The van der Waals surface area contributed by atoms with E-state index in [0.717, 1.165) is 24.8 Å². The molecule has 1 aromatic heterocycles. The molecule has 24 heavy (non-hydrogen) atoms. The van der Waals surface area contributed by atoms with Crippen LogP contribution in [0.1, 0.15) is 38.7 Å². The Kier molecular flexibility index (Phi) is 6.57. The van der Waals surface area contributed by atoms with Crippen molar-refractivity contribution >= 4 is 11.6 Å². The minimum absolute atomic E-state index is 0.104. The summed E-state index contributed by atoms with van der Waals surface area (Å²) in [6.45, 7) is 7.37. The van der Waals surface area contributed by atoms with Gasteiger partial charge in [-0.05, 0) is 45.1 Å². The summed E-state index contributed by atoms with van der Waals surface area (Å²) >= 11 is 0. The fourth-order valence-electron chi connectivity index (χ4n) is 2.58. The number of aromatic nitrogens is 1. The average Bonchev–Trinajstić information content (AvgIpc) is 3.40. The van der Waals surface area contributed by atoms with Crippen molar-refractivity contribution in [1.82, 2.24) is 4.98 Å². The van der Waals surface area contributed by atoms with E-state index < -0.39 is 5.60 Å². The number of hydrogen-bond acceptors (Lipinski definition) is 5. The van der Waals surface area contributed by atoms with Gasteiger partial charge in [0.25, 0.3) is 5.91 Å². The van der Waals surface area contributed by atoms with Crippen molar-refractivity contribution in [3.8, 4) is 5.88 Å². The van der Waals surface area contributed by atoms with E-state index in [4.69, 9.17) is 14.2 Å². The van der Waals surface area contributed by atoms with Gasteiger partial charge in [0.1, 0.15) is 12.2 Å². The predicted octanol–water partition coefficient (Wildman–Crippen LogP) is 2.95. The third-order valence-electron chi connectivity index (χ3n) is 4.23. The fourth-order valence-corrected chi connectivity index (χ4v) is 2.58. The van der Waals surface area contributed by atoms with E-state index in [-0.39, 0.29) is 5.91 Å². The number of hydrogen-bond donors (Lipinski definition) is 1. The second kappa shape index (κ2) is 8.44. The quantitative estimate of drug-likeness (QED) is 0.665. The molecule has 1 aliphatic rings. The van der Waals surface area contributed by atoms with Crippen molar-refractivity contribution in [2.75, 3.05) is 32.2 Å². The summed E-state index contributed by atoms with van der Waals surface area (Å²) in [4.78, 5) is 17.0. The van der Waals surface area contributed by atoms with Crippen LogP contribution in [-0.2, 0) is 14.3 Å². The molecule has 0 spiro atoms. The van der Waals surface area contributed by atoms with Crippen LogP contribution < -0.4 is 10.1 Å². The number of carbonyl (C=O) groups is 1. The molecule has 134 valence electrons. The van der Waals surface area contributed by atoms with Crippen LogP contribution in [0.15, 0.2) is 12.3 Å². The molecule has 1 fully saturated rings. The number of anilines is 1. The smallest absolute Gasteiger partial charge is 0.256 e. The average molecular weight is 336 g/mol. The summed E-state index contributed by atoms with van der Waals surface area (Å²) in [6, 6.07) is 1.86. The van der Waals surface area contributed by atoms with Crippen molar-refractivity contribution in [2.24, 2.45) is 5.92 Å². The summed E-state index contributed by atoms with van der Waals surface area (Å²) in [6.07, 6.45) is 4.58. The molecule has 6 heteroatoms. The first-order chi connectivity index (χ1) is 11.5. The lowest BCUT2D eigenvalue weighted by Gasteiger charge is -2.28. The molecule has 6 nitrogen and oxygen atoms in total. The van der Waals surface area contributed by atoms with E-state index in [0.29, 0.717) is 37.3 Å². The molecule has 0 bridgehead atoms. The van der Waals surface area contributed by atoms with Crippen LogP contribution in [0.2, 0.25) is 0 Å². The Labute approximate surface area is 143 Å². The third kappa shape index (κ3) is 4.68. The monoisotopic (exact) mass is 336 g/mol. The highest BCUT2D eigenvalue weighted by Gasteiger charge is 2.48. The molecule has 2 rings (SSSR count). The van der Waals surface area contributed by atoms with Crippen LogP contribution in [0.5, 0.6) is 5.88 Å². The summed E-state index contributed by atoms with van der Waals surface area (Å²) in [5.74, 6) is 0.750. The lowest BCUT2D eigenvalue weighted by atomic mass is 9.98. The Morgan fingerprint density at radius 2 is 2.12 bits per heavy atom. The Hall–Kier alpha value is -1.66. The standard InChI is InChI=1S/C18H28N2O4/c1-5-8-24-18(3,14-6-7-14)17(21)20-15-11-13(2)16(19-12-15)23-10-9-22-4/h11-12,14H,5-10H2,1-4H3,(H,20,21)/t18-/m0/s1. The van der Waals surface area contributed by atoms with E-state index >= 15 is 0 Å². The topological polar surface area (TPSA) is 69.7 Å². The van der Waals surface area contributed by atoms with E-state index in [1.54, 1.807) is 13.3 Å². The largest absolute Gasteiger partial charge is 0.475 e. The predicted molar refractivity (Wildman–Crippen MR) is 92.3 cm³/mol. The molecule has 1 aromatic rings. The zero-order chi connectivity index (χ0) is 17.6. The zero-order valence-electron chi connectivity index (χ0n) is 15.1. The summed E-state index contributed by atoms with van der Waals surface area (Å²) < 4.78 is 16.4. The van der Waals surface area contributed by atoms with Gasteiger partial charge in [0, 0.05) is 19.3 Å². The number of nitrogens with one attached hydrogen (secondary N) is 1.